The van der Waals surface area contributed by atoms with Gasteiger partial charge in [-0.1, -0.05) is 60.7 Å². The molecule has 2 N–H and O–H groups in total. The van der Waals surface area contributed by atoms with Crippen molar-refractivity contribution in [3.8, 4) is 0 Å². The quantitative estimate of drug-likeness (QED) is 0.367. The minimum absolute atomic E-state index is 0.0214. The Kier molecular flexibility index (Phi) is 10.4. The topological polar surface area (TPSA) is 114 Å². The standard InChI is InChI=1S/C26H29N3O6S/c30-22(11-12-23(31)34-16-13-19-7-3-1-4-8-19)28-26(36)29-15-14-27-25(33)21(29)17-24(32)35-18-20-9-5-2-6-10-20/h1-10,21H,11-18H2,(H,27,33)(H,28,30,36). The molecule has 2 amide bonds. The molecular formula is C26H29N3O6S. The van der Waals surface area contributed by atoms with E-state index in [9.17, 15) is 19.2 Å². The number of hydrogen-bond donors (Lipinski definition) is 2. The molecule has 9 nitrogen and oxygen atoms in total. The second-order valence-corrected chi connectivity index (χ2v) is 8.55. The number of thiocarbonyl (C=S) groups is 1. The van der Waals surface area contributed by atoms with Crippen LogP contribution in [-0.2, 0) is 41.7 Å². The zero-order chi connectivity index (χ0) is 25.8. The van der Waals surface area contributed by atoms with Gasteiger partial charge in [-0.3, -0.25) is 19.2 Å². The van der Waals surface area contributed by atoms with Gasteiger partial charge >= 0.3 is 11.9 Å². The molecule has 0 saturated carbocycles. The third-order valence-electron chi connectivity index (χ3n) is 5.49. The Morgan fingerprint density at radius 1 is 0.944 bits per heavy atom. The molecule has 0 aliphatic carbocycles. The van der Waals surface area contributed by atoms with E-state index in [0.717, 1.165) is 11.1 Å². The van der Waals surface area contributed by atoms with E-state index < -0.39 is 23.9 Å². The van der Waals surface area contributed by atoms with Gasteiger partial charge in [0.1, 0.15) is 12.6 Å². The molecule has 1 fully saturated rings. The fourth-order valence-corrected chi connectivity index (χ4v) is 3.92. The van der Waals surface area contributed by atoms with Gasteiger partial charge in [0.15, 0.2) is 5.11 Å². The lowest BCUT2D eigenvalue weighted by atomic mass is 10.1. The van der Waals surface area contributed by atoms with E-state index in [1.54, 1.807) is 0 Å². The summed E-state index contributed by atoms with van der Waals surface area (Å²) in [5, 5.41) is 5.27. The zero-order valence-corrected chi connectivity index (χ0v) is 20.6. The van der Waals surface area contributed by atoms with E-state index >= 15 is 0 Å². The highest BCUT2D eigenvalue weighted by molar-refractivity contribution is 7.80. The normalized spacial score (nSPS) is 14.9. The van der Waals surface area contributed by atoms with Gasteiger partial charge in [0.25, 0.3) is 0 Å². The minimum Gasteiger partial charge on any atom is -0.465 e. The molecule has 1 aliphatic rings. The first-order valence-electron chi connectivity index (χ1n) is 11.7. The van der Waals surface area contributed by atoms with Crippen LogP contribution >= 0.6 is 12.2 Å². The molecular weight excluding hydrogens is 482 g/mol. The van der Waals surface area contributed by atoms with Crippen molar-refractivity contribution in [2.45, 2.75) is 38.3 Å². The third kappa shape index (κ3) is 8.77. The molecule has 10 heteroatoms. The molecule has 2 aromatic carbocycles. The van der Waals surface area contributed by atoms with Crippen molar-refractivity contribution in [2.75, 3.05) is 19.7 Å². The number of ether oxygens (including phenoxy) is 2. The van der Waals surface area contributed by atoms with Crippen LogP contribution in [0.25, 0.3) is 0 Å². The number of benzene rings is 2. The SMILES string of the molecule is O=C(CCC(=O)OCCc1ccccc1)NC(=S)N1CCNC(=O)C1CC(=O)OCc1ccccc1. The highest BCUT2D eigenvalue weighted by atomic mass is 32.1. The summed E-state index contributed by atoms with van der Waals surface area (Å²) in [7, 11) is 0. The molecule has 0 radical (unpaired) electrons. The lowest BCUT2D eigenvalue weighted by Crippen LogP contribution is -2.60. The second kappa shape index (κ2) is 13.9. The molecule has 1 atom stereocenters. The molecule has 0 aromatic heterocycles. The number of esters is 2. The van der Waals surface area contributed by atoms with Gasteiger partial charge < -0.3 is 25.0 Å². The largest absolute Gasteiger partial charge is 0.465 e. The van der Waals surface area contributed by atoms with Crippen LogP contribution in [0.4, 0.5) is 0 Å². The molecule has 1 unspecified atom stereocenters. The van der Waals surface area contributed by atoms with E-state index in [1.807, 2.05) is 60.7 Å². The number of nitrogens with zero attached hydrogens (tertiary/aromatic N) is 1. The predicted octanol–water partition coefficient (Wildman–Crippen LogP) is 1.89. The van der Waals surface area contributed by atoms with E-state index in [4.69, 9.17) is 21.7 Å². The van der Waals surface area contributed by atoms with Gasteiger partial charge in [-0.15, -0.1) is 0 Å². The number of amides is 2. The molecule has 190 valence electrons. The summed E-state index contributed by atoms with van der Waals surface area (Å²) >= 11 is 5.32. The van der Waals surface area contributed by atoms with Crippen molar-refractivity contribution in [3.05, 3.63) is 71.8 Å². The first-order chi connectivity index (χ1) is 17.4. The molecule has 1 aliphatic heterocycles. The van der Waals surface area contributed by atoms with E-state index in [1.165, 1.54) is 4.90 Å². The van der Waals surface area contributed by atoms with Gasteiger partial charge in [0, 0.05) is 25.9 Å². The molecule has 1 heterocycles. The van der Waals surface area contributed by atoms with Crippen LogP contribution in [0, 0.1) is 0 Å². The Labute approximate surface area is 215 Å². The fourth-order valence-electron chi connectivity index (χ4n) is 3.58. The summed E-state index contributed by atoms with van der Waals surface area (Å²) in [5.41, 5.74) is 1.88. The lowest BCUT2D eigenvalue weighted by Gasteiger charge is -2.36. The molecule has 3 rings (SSSR count). The number of hydrogen-bond acceptors (Lipinski definition) is 7. The first-order valence-corrected chi connectivity index (χ1v) is 12.1. The number of carbonyl (C=O) groups excluding carboxylic acids is 4. The van der Waals surface area contributed by atoms with Gasteiger partial charge in [-0.05, 0) is 23.3 Å². The Hall–Kier alpha value is -3.79. The minimum atomic E-state index is -0.905. The molecule has 2 aromatic rings. The van der Waals surface area contributed by atoms with Crippen LogP contribution in [0.5, 0.6) is 0 Å². The monoisotopic (exact) mass is 511 g/mol. The number of piperazine rings is 1. The maximum atomic E-state index is 12.4. The number of nitrogens with one attached hydrogen (secondary N) is 2. The average Bonchev–Trinajstić information content (AvgIpc) is 2.88. The average molecular weight is 512 g/mol. The molecule has 0 spiro atoms. The van der Waals surface area contributed by atoms with E-state index in [-0.39, 0.29) is 43.5 Å². The Morgan fingerprint density at radius 2 is 1.61 bits per heavy atom. The highest BCUT2D eigenvalue weighted by Crippen LogP contribution is 2.12. The lowest BCUT2D eigenvalue weighted by molar-refractivity contribution is -0.148. The van der Waals surface area contributed by atoms with Crippen molar-refractivity contribution < 1.29 is 28.7 Å². The van der Waals surface area contributed by atoms with E-state index in [2.05, 4.69) is 10.6 Å². The van der Waals surface area contributed by atoms with Crippen LogP contribution < -0.4 is 10.6 Å². The molecule has 1 saturated heterocycles. The fraction of sp³-hybridized carbons (Fsp3) is 0.346. The Morgan fingerprint density at radius 3 is 2.31 bits per heavy atom. The van der Waals surface area contributed by atoms with Crippen LogP contribution in [-0.4, -0.2) is 59.5 Å². The molecule has 36 heavy (non-hydrogen) atoms. The van der Waals surface area contributed by atoms with Crippen LogP contribution in [0.1, 0.15) is 30.4 Å². The first kappa shape index (κ1) is 26.8. The maximum Gasteiger partial charge on any atom is 0.308 e. The van der Waals surface area contributed by atoms with Gasteiger partial charge in [-0.2, -0.15) is 0 Å². The second-order valence-electron chi connectivity index (χ2n) is 8.16. The van der Waals surface area contributed by atoms with Gasteiger partial charge in [0.2, 0.25) is 11.8 Å². The highest BCUT2D eigenvalue weighted by Gasteiger charge is 2.34. The van der Waals surface area contributed by atoms with Crippen LogP contribution in [0.3, 0.4) is 0 Å². The summed E-state index contributed by atoms with van der Waals surface area (Å²) in [6.45, 7) is 0.964. The molecule has 0 bridgehead atoms. The summed E-state index contributed by atoms with van der Waals surface area (Å²) in [5.74, 6) is -1.89. The Balaban J connectivity index is 1.41. The van der Waals surface area contributed by atoms with Crippen molar-refractivity contribution in [3.63, 3.8) is 0 Å². The summed E-state index contributed by atoms with van der Waals surface area (Å²) in [6, 6.07) is 17.9. The number of rotatable bonds is 10. The third-order valence-corrected chi connectivity index (χ3v) is 5.83. The van der Waals surface area contributed by atoms with Crippen LogP contribution in [0.2, 0.25) is 0 Å². The summed E-state index contributed by atoms with van der Waals surface area (Å²) < 4.78 is 10.5. The Bertz CT molecular complexity index is 1060. The van der Waals surface area contributed by atoms with Gasteiger partial charge in [-0.25, -0.2) is 0 Å². The van der Waals surface area contributed by atoms with Crippen LogP contribution in [0.15, 0.2) is 60.7 Å². The van der Waals surface area contributed by atoms with E-state index in [0.29, 0.717) is 19.5 Å². The van der Waals surface area contributed by atoms with Crippen molar-refractivity contribution >= 4 is 41.1 Å². The summed E-state index contributed by atoms with van der Waals surface area (Å²) in [6.07, 6.45) is 0.157. The van der Waals surface area contributed by atoms with Crippen molar-refractivity contribution in [1.29, 1.82) is 0 Å². The predicted molar refractivity (Wildman–Crippen MR) is 135 cm³/mol. The maximum absolute atomic E-state index is 12.4. The zero-order valence-electron chi connectivity index (χ0n) is 19.8. The van der Waals surface area contributed by atoms with Crippen molar-refractivity contribution in [1.82, 2.24) is 15.5 Å². The van der Waals surface area contributed by atoms with Gasteiger partial charge in [0.05, 0.1) is 19.4 Å². The summed E-state index contributed by atoms with van der Waals surface area (Å²) in [4.78, 5) is 50.6. The van der Waals surface area contributed by atoms with Crippen molar-refractivity contribution in [2.24, 2.45) is 0 Å². The smallest absolute Gasteiger partial charge is 0.308 e. The number of carbonyl (C=O) groups is 4.